The lowest BCUT2D eigenvalue weighted by atomic mass is 10.1. The van der Waals surface area contributed by atoms with Gasteiger partial charge in [0, 0.05) is 18.0 Å². The molecule has 0 aliphatic heterocycles. The van der Waals surface area contributed by atoms with Crippen molar-refractivity contribution in [3.63, 3.8) is 0 Å². The van der Waals surface area contributed by atoms with Gasteiger partial charge in [0.25, 0.3) is 0 Å². The molecule has 2 aromatic heterocycles. The van der Waals surface area contributed by atoms with Gasteiger partial charge in [-0.3, -0.25) is 9.48 Å². The molecular weight excluding hydrogens is 334 g/mol. The maximum absolute atomic E-state index is 12.2. The van der Waals surface area contributed by atoms with Gasteiger partial charge in [-0.1, -0.05) is 24.3 Å². The first-order chi connectivity index (χ1) is 12.4. The predicted molar refractivity (Wildman–Crippen MR) is 95.1 cm³/mol. The molecule has 0 aliphatic rings. The van der Waals surface area contributed by atoms with Crippen molar-refractivity contribution in [2.75, 3.05) is 5.32 Å². The van der Waals surface area contributed by atoms with Crippen LogP contribution in [-0.4, -0.2) is 36.5 Å². The van der Waals surface area contributed by atoms with E-state index in [9.17, 15) is 9.59 Å². The molecule has 1 aromatic carbocycles. The van der Waals surface area contributed by atoms with Gasteiger partial charge in [0.15, 0.2) is 5.82 Å². The van der Waals surface area contributed by atoms with Gasteiger partial charge in [0.05, 0.1) is 6.54 Å². The lowest BCUT2D eigenvalue weighted by Crippen LogP contribution is -2.22. The van der Waals surface area contributed by atoms with Crippen molar-refractivity contribution in [2.45, 2.75) is 26.9 Å². The molecule has 0 spiro atoms. The molecule has 8 heteroatoms. The van der Waals surface area contributed by atoms with Crippen LogP contribution in [0.5, 0.6) is 0 Å². The Labute approximate surface area is 150 Å². The van der Waals surface area contributed by atoms with E-state index in [1.54, 1.807) is 6.07 Å². The Bertz CT molecular complexity index is 957. The van der Waals surface area contributed by atoms with Crippen LogP contribution in [0.25, 0.3) is 0 Å². The van der Waals surface area contributed by atoms with Crippen LogP contribution < -0.4 is 5.32 Å². The number of nitrogens with zero attached hydrogens (tertiary/aromatic N) is 4. The van der Waals surface area contributed by atoms with Crippen LogP contribution >= 0.6 is 0 Å². The van der Waals surface area contributed by atoms with Crippen LogP contribution in [0.3, 0.4) is 0 Å². The number of carboxylic acid groups (broad SMARTS) is 1. The number of aromatic nitrogens is 4. The van der Waals surface area contributed by atoms with Gasteiger partial charge in [0.1, 0.15) is 12.2 Å². The fraction of sp³-hybridized carbons (Fsp3) is 0.222. The fourth-order valence-corrected chi connectivity index (χ4v) is 2.64. The molecule has 0 saturated carbocycles. The lowest BCUT2D eigenvalue weighted by molar-refractivity contribution is -0.116. The molecule has 26 heavy (non-hydrogen) atoms. The summed E-state index contributed by atoms with van der Waals surface area (Å²) in [6.45, 7) is 4.37. The molecular formula is C18H19N5O3. The van der Waals surface area contributed by atoms with Gasteiger partial charge in [-0.15, -0.1) is 0 Å². The second-order valence-corrected chi connectivity index (χ2v) is 5.98. The molecule has 134 valence electrons. The number of hydrogen-bond donors (Lipinski definition) is 2. The Hall–Kier alpha value is -3.42. The van der Waals surface area contributed by atoms with Gasteiger partial charge < -0.3 is 10.4 Å². The van der Waals surface area contributed by atoms with Crippen molar-refractivity contribution < 1.29 is 14.7 Å². The number of carbonyl (C=O) groups excluding carboxylic acids is 1. The zero-order chi connectivity index (χ0) is 18.7. The Kier molecular flexibility index (Phi) is 4.83. The van der Waals surface area contributed by atoms with Gasteiger partial charge >= 0.3 is 5.97 Å². The number of carbonyl (C=O) groups is 2. The molecule has 0 radical (unpaired) electrons. The Morgan fingerprint density at radius 2 is 1.92 bits per heavy atom. The number of aromatic carboxylic acids is 1. The zero-order valence-electron chi connectivity index (χ0n) is 14.5. The molecule has 0 saturated heterocycles. The number of rotatable bonds is 6. The van der Waals surface area contributed by atoms with E-state index in [1.165, 1.54) is 17.8 Å². The summed E-state index contributed by atoms with van der Waals surface area (Å²) in [6.07, 6.45) is 1.35. The van der Waals surface area contributed by atoms with Crippen molar-refractivity contribution in [3.8, 4) is 0 Å². The van der Waals surface area contributed by atoms with E-state index in [2.05, 4.69) is 15.5 Å². The number of benzene rings is 1. The fourth-order valence-electron chi connectivity index (χ4n) is 2.64. The third-order valence-electron chi connectivity index (χ3n) is 4.06. The first-order valence-electron chi connectivity index (χ1n) is 8.08. The van der Waals surface area contributed by atoms with Crippen LogP contribution in [0, 0.1) is 13.8 Å². The number of hydrogen-bond acceptors (Lipinski definition) is 4. The third kappa shape index (κ3) is 3.80. The molecule has 0 unspecified atom stereocenters. The van der Waals surface area contributed by atoms with E-state index < -0.39 is 11.9 Å². The molecule has 8 nitrogen and oxygen atoms in total. The van der Waals surface area contributed by atoms with Crippen molar-refractivity contribution >= 4 is 17.7 Å². The number of amides is 1. The van der Waals surface area contributed by atoms with Crippen molar-refractivity contribution in [2.24, 2.45) is 0 Å². The summed E-state index contributed by atoms with van der Waals surface area (Å²) in [6, 6.07) is 11.2. The van der Waals surface area contributed by atoms with Crippen LogP contribution in [0.15, 0.2) is 42.6 Å². The van der Waals surface area contributed by atoms with Crippen LogP contribution in [0.1, 0.15) is 27.3 Å². The van der Waals surface area contributed by atoms with E-state index in [-0.39, 0.29) is 12.2 Å². The van der Waals surface area contributed by atoms with E-state index in [0.29, 0.717) is 12.4 Å². The summed E-state index contributed by atoms with van der Waals surface area (Å²) >= 11 is 0. The Morgan fingerprint density at radius 3 is 2.65 bits per heavy atom. The van der Waals surface area contributed by atoms with Gasteiger partial charge in [-0.2, -0.15) is 10.2 Å². The molecule has 3 rings (SSSR count). The SMILES string of the molecule is Cc1ccccc1Cn1nc(NC(=O)Cn2nccc2C(=O)O)cc1C. The summed E-state index contributed by atoms with van der Waals surface area (Å²) in [5.74, 6) is -1.10. The largest absolute Gasteiger partial charge is 0.477 e. The summed E-state index contributed by atoms with van der Waals surface area (Å²) in [5, 5.41) is 20.0. The highest BCUT2D eigenvalue weighted by Gasteiger charge is 2.14. The van der Waals surface area contributed by atoms with E-state index in [0.717, 1.165) is 15.9 Å². The highest BCUT2D eigenvalue weighted by Crippen LogP contribution is 2.14. The molecule has 0 aliphatic carbocycles. The standard InChI is InChI=1S/C18H19N5O3/c1-12-5-3-4-6-14(12)10-22-13(2)9-16(21-22)20-17(24)11-23-15(18(25)26)7-8-19-23/h3-9H,10-11H2,1-2H3,(H,25,26)(H,20,21,24). The average Bonchev–Trinajstić information content (AvgIpc) is 3.16. The zero-order valence-corrected chi connectivity index (χ0v) is 14.5. The van der Waals surface area contributed by atoms with Gasteiger partial charge in [-0.25, -0.2) is 9.48 Å². The summed E-state index contributed by atoms with van der Waals surface area (Å²) in [4.78, 5) is 23.2. The normalized spacial score (nSPS) is 10.7. The first-order valence-corrected chi connectivity index (χ1v) is 8.08. The molecule has 1 amide bonds. The molecule has 2 N–H and O–H groups in total. The molecule has 3 aromatic rings. The third-order valence-corrected chi connectivity index (χ3v) is 4.06. The predicted octanol–water partition coefficient (Wildman–Crippen LogP) is 2.08. The monoisotopic (exact) mass is 353 g/mol. The van der Waals surface area contributed by atoms with Gasteiger partial charge in [-0.05, 0) is 31.0 Å². The summed E-state index contributed by atoms with van der Waals surface area (Å²) in [5.41, 5.74) is 3.20. The molecule has 0 bridgehead atoms. The topological polar surface area (TPSA) is 102 Å². The lowest BCUT2D eigenvalue weighted by Gasteiger charge is -2.07. The van der Waals surface area contributed by atoms with Crippen molar-refractivity contribution in [3.05, 3.63) is 65.1 Å². The van der Waals surface area contributed by atoms with E-state index in [4.69, 9.17) is 5.11 Å². The minimum atomic E-state index is -1.13. The quantitative estimate of drug-likeness (QED) is 0.706. The van der Waals surface area contributed by atoms with E-state index >= 15 is 0 Å². The Balaban J connectivity index is 1.69. The van der Waals surface area contributed by atoms with Crippen LogP contribution in [-0.2, 0) is 17.9 Å². The summed E-state index contributed by atoms with van der Waals surface area (Å²) in [7, 11) is 0. The molecule has 0 fully saturated rings. The van der Waals surface area contributed by atoms with Crippen molar-refractivity contribution in [1.29, 1.82) is 0 Å². The van der Waals surface area contributed by atoms with Crippen molar-refractivity contribution in [1.82, 2.24) is 19.6 Å². The maximum atomic E-state index is 12.2. The average molecular weight is 353 g/mol. The van der Waals surface area contributed by atoms with Crippen LogP contribution in [0.4, 0.5) is 5.82 Å². The number of nitrogens with one attached hydrogen (secondary N) is 1. The van der Waals surface area contributed by atoms with Gasteiger partial charge in [0.2, 0.25) is 5.91 Å². The second kappa shape index (κ2) is 7.22. The minimum absolute atomic E-state index is 0.0404. The smallest absolute Gasteiger partial charge is 0.354 e. The maximum Gasteiger partial charge on any atom is 0.354 e. The summed E-state index contributed by atoms with van der Waals surface area (Å²) < 4.78 is 2.95. The minimum Gasteiger partial charge on any atom is -0.477 e. The first kappa shape index (κ1) is 17.4. The highest BCUT2D eigenvalue weighted by atomic mass is 16.4. The van der Waals surface area contributed by atoms with Crippen LogP contribution in [0.2, 0.25) is 0 Å². The molecule has 2 heterocycles. The number of anilines is 1. The molecule has 0 atom stereocenters. The highest BCUT2D eigenvalue weighted by molar-refractivity contribution is 5.91. The second-order valence-electron chi connectivity index (χ2n) is 5.98. The number of carboxylic acids is 1. The number of aryl methyl sites for hydroxylation is 2. The van der Waals surface area contributed by atoms with E-state index in [1.807, 2.05) is 42.8 Å². The Morgan fingerprint density at radius 1 is 1.15 bits per heavy atom.